The molecule has 0 bridgehead atoms. The highest BCUT2D eigenvalue weighted by molar-refractivity contribution is 5.76. The number of nitrogen functional groups attached to an aromatic ring is 1. The van der Waals surface area contributed by atoms with Crippen molar-refractivity contribution in [1.29, 1.82) is 0 Å². The van der Waals surface area contributed by atoms with Crippen LogP contribution in [0, 0.1) is 11.8 Å². The first-order chi connectivity index (χ1) is 15.8. The van der Waals surface area contributed by atoms with Crippen molar-refractivity contribution in [3.8, 4) is 11.3 Å². The molecule has 1 aliphatic heterocycles. The highest BCUT2D eigenvalue weighted by Crippen LogP contribution is 2.44. The number of hydrogen-bond acceptors (Lipinski definition) is 4. The number of allylic oxidation sites excluding steroid dienone is 6. The van der Waals surface area contributed by atoms with Crippen molar-refractivity contribution >= 4 is 11.3 Å². The molecule has 4 heteroatoms. The van der Waals surface area contributed by atoms with Crippen molar-refractivity contribution in [2.45, 2.75) is 24.5 Å². The first kappa shape index (κ1) is 19.2. The molecular formula is C28H26N4. The Kier molecular flexibility index (Phi) is 4.73. The summed E-state index contributed by atoms with van der Waals surface area (Å²) in [5, 5.41) is 0. The number of hydrogen-bond donors (Lipinski definition) is 1. The molecule has 5 unspecified atom stereocenters. The van der Waals surface area contributed by atoms with E-state index in [1.54, 1.807) is 6.20 Å². The predicted molar refractivity (Wildman–Crippen MR) is 130 cm³/mol. The second-order valence-corrected chi connectivity index (χ2v) is 8.87. The molecule has 1 fully saturated rings. The van der Waals surface area contributed by atoms with Gasteiger partial charge in [0.15, 0.2) is 0 Å². The fourth-order valence-electron chi connectivity index (χ4n) is 5.66. The normalized spacial score (nSPS) is 30.2. The molecule has 1 saturated heterocycles. The number of rotatable bonds is 3. The Balaban J connectivity index is 1.30. The SMILES string of the molecule is Nc1cccnc1-c1cncc(C2=CC=CC(N3C4C=CC=CC4C4C=CC=CC43)C2)c1. The molecule has 0 spiro atoms. The molecule has 0 aromatic carbocycles. The molecule has 3 aliphatic carbocycles. The Morgan fingerprint density at radius 3 is 2.31 bits per heavy atom. The summed E-state index contributed by atoms with van der Waals surface area (Å²) in [6.45, 7) is 0. The number of anilines is 1. The van der Waals surface area contributed by atoms with Crippen molar-refractivity contribution in [3.63, 3.8) is 0 Å². The first-order valence-corrected chi connectivity index (χ1v) is 11.3. The number of aromatic nitrogens is 2. The van der Waals surface area contributed by atoms with E-state index >= 15 is 0 Å². The van der Waals surface area contributed by atoms with E-state index < -0.39 is 0 Å². The van der Waals surface area contributed by atoms with Gasteiger partial charge in [0, 0.05) is 54.1 Å². The Hall–Kier alpha value is -3.50. The maximum atomic E-state index is 6.16. The number of nitrogens with two attached hydrogens (primary N) is 1. The van der Waals surface area contributed by atoms with Gasteiger partial charge in [-0.05, 0) is 35.8 Å². The van der Waals surface area contributed by atoms with Gasteiger partial charge in [0.1, 0.15) is 0 Å². The van der Waals surface area contributed by atoms with Gasteiger partial charge in [-0.2, -0.15) is 0 Å². The molecule has 2 N–H and O–H groups in total. The van der Waals surface area contributed by atoms with Crippen LogP contribution in [0.4, 0.5) is 5.69 Å². The largest absolute Gasteiger partial charge is 0.397 e. The summed E-state index contributed by atoms with van der Waals surface area (Å²) in [4.78, 5) is 11.7. The molecule has 0 radical (unpaired) electrons. The van der Waals surface area contributed by atoms with Crippen LogP contribution in [-0.2, 0) is 0 Å². The molecule has 3 heterocycles. The zero-order chi connectivity index (χ0) is 21.5. The summed E-state index contributed by atoms with van der Waals surface area (Å²) in [5.41, 5.74) is 11.0. The van der Waals surface area contributed by atoms with Crippen LogP contribution >= 0.6 is 0 Å². The van der Waals surface area contributed by atoms with E-state index in [0.717, 1.165) is 23.2 Å². The second-order valence-electron chi connectivity index (χ2n) is 8.87. The summed E-state index contributed by atoms with van der Waals surface area (Å²) in [7, 11) is 0. The second kappa shape index (κ2) is 7.88. The third-order valence-corrected chi connectivity index (χ3v) is 7.09. The van der Waals surface area contributed by atoms with Crippen molar-refractivity contribution in [3.05, 3.63) is 109 Å². The van der Waals surface area contributed by atoms with Crippen LogP contribution in [0.1, 0.15) is 12.0 Å². The summed E-state index contributed by atoms with van der Waals surface area (Å²) in [6.07, 6.45) is 31.7. The van der Waals surface area contributed by atoms with E-state index in [0.29, 0.717) is 35.6 Å². The van der Waals surface area contributed by atoms with Crippen molar-refractivity contribution in [2.75, 3.05) is 5.73 Å². The molecule has 0 amide bonds. The molecule has 2 aromatic rings. The van der Waals surface area contributed by atoms with Crippen LogP contribution in [0.2, 0.25) is 0 Å². The van der Waals surface area contributed by atoms with Crippen LogP contribution in [0.5, 0.6) is 0 Å². The van der Waals surface area contributed by atoms with E-state index in [1.165, 1.54) is 5.57 Å². The van der Waals surface area contributed by atoms with Gasteiger partial charge in [-0.15, -0.1) is 0 Å². The lowest BCUT2D eigenvalue weighted by Crippen LogP contribution is -2.44. The summed E-state index contributed by atoms with van der Waals surface area (Å²) < 4.78 is 0. The maximum Gasteiger partial charge on any atom is 0.0946 e. The van der Waals surface area contributed by atoms with Crippen LogP contribution < -0.4 is 5.73 Å². The lowest BCUT2D eigenvalue weighted by molar-refractivity contribution is 0.194. The van der Waals surface area contributed by atoms with Crippen LogP contribution in [-0.4, -0.2) is 33.0 Å². The molecule has 5 atom stereocenters. The third-order valence-electron chi connectivity index (χ3n) is 7.09. The van der Waals surface area contributed by atoms with Gasteiger partial charge in [-0.1, -0.05) is 66.8 Å². The summed E-state index contributed by atoms with van der Waals surface area (Å²) >= 11 is 0. The Labute approximate surface area is 188 Å². The summed E-state index contributed by atoms with van der Waals surface area (Å²) in [5.74, 6) is 1.07. The lowest BCUT2D eigenvalue weighted by atomic mass is 9.83. The fourth-order valence-corrected chi connectivity index (χ4v) is 5.66. The minimum atomic E-state index is 0.341. The van der Waals surface area contributed by atoms with Gasteiger partial charge >= 0.3 is 0 Å². The standard InChI is InChI=1S/C28H26N4/c29-25-11-6-14-31-28(25)21-15-20(17-30-18-21)19-7-5-8-22(16-19)32-26-12-3-1-9-23(26)24-10-2-4-13-27(24)32/h1-15,17-18,22-24,26-27H,16,29H2. The number of likely N-dealkylation sites (tertiary alicyclic amines) is 1. The van der Waals surface area contributed by atoms with Gasteiger partial charge in [0.2, 0.25) is 0 Å². The molecule has 32 heavy (non-hydrogen) atoms. The van der Waals surface area contributed by atoms with Gasteiger partial charge in [0.05, 0.1) is 11.4 Å². The van der Waals surface area contributed by atoms with Crippen molar-refractivity contribution in [2.24, 2.45) is 11.8 Å². The number of pyridine rings is 2. The Bertz CT molecular complexity index is 1180. The monoisotopic (exact) mass is 418 g/mol. The minimum absolute atomic E-state index is 0.341. The highest BCUT2D eigenvalue weighted by Gasteiger charge is 2.47. The zero-order valence-electron chi connectivity index (χ0n) is 17.8. The first-order valence-electron chi connectivity index (χ1n) is 11.3. The van der Waals surface area contributed by atoms with Crippen molar-refractivity contribution in [1.82, 2.24) is 14.9 Å². The predicted octanol–water partition coefficient (Wildman–Crippen LogP) is 4.97. The van der Waals surface area contributed by atoms with Crippen LogP contribution in [0.25, 0.3) is 16.8 Å². The average molecular weight is 419 g/mol. The molecular weight excluding hydrogens is 392 g/mol. The highest BCUT2D eigenvalue weighted by atomic mass is 15.2. The molecule has 158 valence electrons. The molecule has 4 aliphatic rings. The summed E-state index contributed by atoms with van der Waals surface area (Å²) in [6, 6.07) is 7.09. The van der Waals surface area contributed by atoms with Gasteiger partial charge < -0.3 is 5.73 Å². The topological polar surface area (TPSA) is 55.0 Å². The third kappa shape index (κ3) is 3.19. The quantitative estimate of drug-likeness (QED) is 0.764. The van der Waals surface area contributed by atoms with E-state index in [4.69, 9.17) is 5.73 Å². The fraction of sp³-hybridized carbons (Fsp3) is 0.214. The molecule has 0 saturated carbocycles. The molecule has 6 rings (SSSR count). The van der Waals surface area contributed by atoms with Crippen molar-refractivity contribution < 1.29 is 0 Å². The maximum absolute atomic E-state index is 6.16. The van der Waals surface area contributed by atoms with Gasteiger partial charge in [-0.25, -0.2) is 0 Å². The minimum Gasteiger partial charge on any atom is -0.397 e. The molecule has 4 nitrogen and oxygen atoms in total. The van der Waals surface area contributed by atoms with E-state index in [9.17, 15) is 0 Å². The van der Waals surface area contributed by atoms with E-state index in [-0.39, 0.29) is 0 Å². The van der Waals surface area contributed by atoms with Crippen LogP contribution in [0.3, 0.4) is 0 Å². The smallest absolute Gasteiger partial charge is 0.0946 e. The van der Waals surface area contributed by atoms with Crippen LogP contribution in [0.15, 0.2) is 104 Å². The number of fused-ring (bicyclic) bond motifs is 3. The van der Waals surface area contributed by atoms with Gasteiger partial charge in [0.25, 0.3) is 0 Å². The van der Waals surface area contributed by atoms with Gasteiger partial charge in [-0.3, -0.25) is 14.9 Å². The molecule has 2 aromatic heterocycles. The van der Waals surface area contributed by atoms with E-state index in [2.05, 4.69) is 87.8 Å². The number of nitrogens with zero attached hydrogens (tertiary/aromatic N) is 3. The zero-order valence-corrected chi connectivity index (χ0v) is 17.8. The lowest BCUT2D eigenvalue weighted by Gasteiger charge is -2.37. The van der Waals surface area contributed by atoms with E-state index in [1.807, 2.05) is 24.5 Å². The average Bonchev–Trinajstić information content (AvgIpc) is 3.19. The Morgan fingerprint density at radius 1 is 0.844 bits per heavy atom. The Morgan fingerprint density at radius 2 is 1.56 bits per heavy atom.